The van der Waals surface area contributed by atoms with E-state index in [0.717, 1.165) is 80.0 Å². The molecule has 700 valence electrons. The molecule has 0 radical (unpaired) electrons. The van der Waals surface area contributed by atoms with Crippen molar-refractivity contribution >= 4 is 105 Å². The number of aryl methyl sites for hydroxylation is 3. The van der Waals surface area contributed by atoms with Gasteiger partial charge in [0, 0.05) is 138 Å². The van der Waals surface area contributed by atoms with E-state index in [1.807, 2.05) is 67.9 Å². The lowest BCUT2D eigenvalue weighted by molar-refractivity contribution is -0.139. The molecule has 0 bridgehead atoms. The van der Waals surface area contributed by atoms with Crippen molar-refractivity contribution in [3.8, 4) is 0 Å². The summed E-state index contributed by atoms with van der Waals surface area (Å²) in [4.78, 5) is 196. The molecule has 3 aliphatic heterocycles. The number of aromatic nitrogens is 13. The third kappa shape index (κ3) is 28.4. The molecule has 8 aromatic rings. The summed E-state index contributed by atoms with van der Waals surface area (Å²) < 4.78 is 34.5. The Morgan fingerprint density at radius 3 is 1.34 bits per heavy atom. The summed E-state index contributed by atoms with van der Waals surface area (Å²) in [6.45, 7) is 11.7. The zero-order valence-corrected chi connectivity index (χ0v) is 77.2. The standard InChI is InChI=1S/C32H43N7O6.C27H35N7O5.C19H25N7O2.C11H18N2O5/c1-20(2)28-29-30(34-21(3)33-28)39(27-15-9-10-17-45-27)25(36-29)19-38-16-11-12-22(31(38)42)18-24(40)23(35-32(43)44-6)13-7-8-14-26(41)37(4)5;1-17-28-21-15-19(30-24(21)25(29-17)33(4)5)16-34-13-9-10-18(26(34)37)14-22(35)20(31-27(38)39-6)11-7-8-12-23(36)32(2)3;1-12-21-17(24(2)3)16-18(22-12)26(15-8-4-5-10-28-15)14(23-16)11-25-9-6-7-13(20)19(25)27;1-13(2)9(14)7-5-4-6-8(10(15)16)12-11(17)18-3/h8,11-12,14,16,20,23,27H,7,9-10,13,15,17-19H2,1-6H3,(H,35,43);8-10,12-13,20H,7,11,14-16H2,1-6H3,(H,31,38);6-7,9,15H,4-5,8,10-11,20H2,1-3H3;5,7-8H,4,6H2,1-3H3,(H,12,17)(H,15,16)/b14-8+;12-8+;;7-5+/t23-,27?;20-;;8-/m00.0/s1. The highest BCUT2D eigenvalue weighted by atomic mass is 16.5. The van der Waals surface area contributed by atoms with Crippen molar-refractivity contribution in [2.45, 2.75) is 187 Å². The lowest BCUT2D eigenvalue weighted by Crippen LogP contribution is -2.42. The largest absolute Gasteiger partial charge is 0.480 e. The summed E-state index contributed by atoms with van der Waals surface area (Å²) in [6.07, 6.45) is 19.0. The number of amides is 6. The Hall–Kier alpha value is -13.7. The maximum atomic E-state index is 13.7. The molecule has 3 aliphatic rings. The molecule has 41 nitrogen and oxygen atoms in total. The predicted octanol–water partition coefficient (Wildman–Crippen LogP) is 6.94. The van der Waals surface area contributed by atoms with Crippen molar-refractivity contribution in [3.63, 3.8) is 0 Å². The van der Waals surface area contributed by atoms with Crippen molar-refractivity contribution in [1.82, 2.24) is 93.4 Å². The van der Waals surface area contributed by atoms with Crippen molar-refractivity contribution in [1.29, 1.82) is 0 Å². The van der Waals surface area contributed by atoms with Crippen molar-refractivity contribution in [3.05, 3.63) is 174 Å². The first kappa shape index (κ1) is 102. The number of hydrogen-bond donors (Lipinski definition) is 5. The van der Waals surface area contributed by atoms with Gasteiger partial charge in [0.15, 0.2) is 40.0 Å². The number of imidazole rings is 2. The smallest absolute Gasteiger partial charge is 0.407 e. The number of rotatable bonds is 33. The number of ketones is 2. The molecule has 2 unspecified atom stereocenters. The van der Waals surface area contributed by atoms with E-state index in [-0.39, 0.29) is 127 Å². The van der Waals surface area contributed by atoms with E-state index in [4.69, 9.17) is 45.0 Å². The van der Waals surface area contributed by atoms with Gasteiger partial charge in [-0.15, -0.1) is 0 Å². The number of aliphatic carboxylic acids is 1. The molecule has 41 heteroatoms. The lowest BCUT2D eigenvalue weighted by atomic mass is 10.0. The third-order valence-corrected chi connectivity index (χ3v) is 20.9. The van der Waals surface area contributed by atoms with Gasteiger partial charge in [0.1, 0.15) is 58.8 Å². The highest BCUT2D eigenvalue weighted by molar-refractivity contribution is 5.96. The monoisotopic (exact) mass is 1800 g/mol. The number of carbonyl (C=O) groups excluding carboxylic acids is 8. The van der Waals surface area contributed by atoms with Gasteiger partial charge in [-0.3, -0.25) is 47.5 Å². The number of carboxylic acid groups (broad SMARTS) is 1. The van der Waals surface area contributed by atoms with Crippen LogP contribution in [0.4, 0.5) is 37.4 Å². The number of ether oxygens (including phenoxy) is 5. The number of nitrogens with one attached hydrogen (secondary N) is 3. The number of methoxy groups -OCH3 is 3. The second kappa shape index (κ2) is 48.4. The first-order chi connectivity index (χ1) is 61.8. The van der Waals surface area contributed by atoms with Crippen LogP contribution in [0.3, 0.4) is 0 Å². The average molecular weight is 1800 g/mol. The number of aliphatic imine (C=N–C) groups is 1. The third-order valence-electron chi connectivity index (χ3n) is 20.9. The van der Waals surface area contributed by atoms with Crippen LogP contribution in [0.15, 0.2) is 111 Å². The number of alkyl carbamates (subject to hydrolysis) is 3. The summed E-state index contributed by atoms with van der Waals surface area (Å²) in [7, 11) is 21.0. The molecule has 6 N–H and O–H groups in total. The predicted molar refractivity (Wildman–Crippen MR) is 487 cm³/mol. The van der Waals surface area contributed by atoms with Gasteiger partial charge in [-0.1, -0.05) is 44.2 Å². The summed E-state index contributed by atoms with van der Waals surface area (Å²) in [5, 5.41) is 16.1. The molecular formula is C89H121N23O18. The Labute approximate surface area is 753 Å². The first-order valence-electron chi connectivity index (χ1n) is 42.6. The van der Waals surface area contributed by atoms with Crippen molar-refractivity contribution < 1.29 is 71.9 Å². The van der Waals surface area contributed by atoms with Crippen LogP contribution in [0.2, 0.25) is 0 Å². The fourth-order valence-electron chi connectivity index (χ4n) is 14.1. The SMILES string of the molecule is COC(=O)N[C@@H](CC/C=C/C(=O)N(C)C)C(=O)Cc1cccn(CC2=Nc3c(nc(C)nc3N(C)C)C2)c1=O.COC(=O)N[C@@H](CC/C=C/C(=O)N(C)C)C(=O)Cc1cccn(Cc2nc3c(C(C)C)nc(C)nc3n2C2CCCCO2)c1=O.COC(=O)N[C@@H](CC/C=C/C(=O)N(C)C)C(=O)O.Cc1nc(N(C)C)c2nc(Cn3cccc(N)c3=O)n(C3CCCCO3)c2n1. The lowest BCUT2D eigenvalue weighted by Gasteiger charge is -2.26. The van der Waals surface area contributed by atoms with Gasteiger partial charge in [-0.2, -0.15) is 0 Å². The molecule has 0 aromatic carbocycles. The van der Waals surface area contributed by atoms with Crippen LogP contribution in [0.5, 0.6) is 0 Å². The van der Waals surface area contributed by atoms with Crippen LogP contribution in [-0.2, 0) is 91.3 Å². The van der Waals surface area contributed by atoms with Crippen molar-refractivity contribution in [2.75, 3.05) is 121 Å². The quantitative estimate of drug-likeness (QED) is 0.0205. The molecule has 2 saturated heterocycles. The number of nitrogens with two attached hydrogens (primary N) is 1. The van der Waals surface area contributed by atoms with Crippen LogP contribution < -0.4 is 48.2 Å². The normalized spacial score (nSPS) is 14.7. The summed E-state index contributed by atoms with van der Waals surface area (Å²) in [5.41, 5.74) is 11.7. The first-order valence-corrected chi connectivity index (χ1v) is 42.6. The number of carbonyl (C=O) groups is 9. The number of Topliss-reactive ketones (excluding diaryl/α,β-unsaturated/α-hetero) is 2. The molecule has 0 saturated carbocycles. The van der Waals surface area contributed by atoms with E-state index in [9.17, 15) is 57.5 Å². The van der Waals surface area contributed by atoms with E-state index in [0.29, 0.717) is 96.0 Å². The number of anilines is 3. The molecule has 0 aliphatic carbocycles. The van der Waals surface area contributed by atoms with E-state index >= 15 is 0 Å². The van der Waals surface area contributed by atoms with E-state index in [2.05, 4.69) is 64.2 Å². The molecule has 0 spiro atoms. The number of fused-ring (bicyclic) bond motifs is 3. The van der Waals surface area contributed by atoms with Gasteiger partial charge in [-0.25, -0.2) is 64.0 Å². The minimum atomic E-state index is -1.15. The van der Waals surface area contributed by atoms with Crippen molar-refractivity contribution in [2.24, 2.45) is 4.99 Å². The summed E-state index contributed by atoms with van der Waals surface area (Å²) in [6, 6.07) is 7.18. The van der Waals surface area contributed by atoms with E-state index in [1.54, 1.807) is 120 Å². The number of pyridine rings is 3. The number of nitrogen functional groups attached to an aromatic ring is 1. The van der Waals surface area contributed by atoms with Crippen LogP contribution in [-0.4, -0.2) is 265 Å². The number of likely N-dealkylation sites (N-methyl/N-ethyl adjacent to an activating group) is 3. The maximum absolute atomic E-state index is 13.7. The highest BCUT2D eigenvalue weighted by Gasteiger charge is 2.32. The Balaban J connectivity index is 0.000000224. The minimum absolute atomic E-state index is 0.116. The van der Waals surface area contributed by atoms with Gasteiger partial charge in [0.05, 0.1) is 70.1 Å². The fourth-order valence-corrected chi connectivity index (χ4v) is 14.1. The Morgan fingerprint density at radius 2 is 0.915 bits per heavy atom. The summed E-state index contributed by atoms with van der Waals surface area (Å²) >= 11 is 0. The van der Waals surface area contributed by atoms with Gasteiger partial charge >= 0.3 is 24.2 Å². The number of allylic oxidation sites excluding steroid dienone is 3. The van der Waals surface area contributed by atoms with Crippen LogP contribution >= 0.6 is 0 Å². The number of nitrogens with zero attached hydrogens (tertiary/aromatic N) is 19. The second-order valence-electron chi connectivity index (χ2n) is 32.4. The van der Waals surface area contributed by atoms with E-state index < -0.39 is 42.4 Å². The maximum Gasteiger partial charge on any atom is 0.407 e. The minimum Gasteiger partial charge on any atom is -0.480 e. The van der Waals surface area contributed by atoms with Crippen LogP contribution in [0, 0.1) is 20.8 Å². The number of carboxylic acids is 1. The topological polar surface area (TPSA) is 490 Å². The van der Waals surface area contributed by atoms with Gasteiger partial charge in [0.25, 0.3) is 16.7 Å². The molecule has 8 aromatic heterocycles. The van der Waals surface area contributed by atoms with Gasteiger partial charge < -0.3 is 88.7 Å². The molecule has 5 atom stereocenters. The molecule has 11 rings (SSSR count). The zero-order valence-electron chi connectivity index (χ0n) is 77.2. The fraction of sp³-hybridized carbons (Fsp3) is 0.494. The van der Waals surface area contributed by atoms with Gasteiger partial charge in [-0.05, 0) is 146 Å². The molecule has 130 heavy (non-hydrogen) atoms. The zero-order chi connectivity index (χ0) is 95.3. The second-order valence-corrected chi connectivity index (χ2v) is 32.4. The Kier molecular flexibility index (Phi) is 37.9. The van der Waals surface area contributed by atoms with Gasteiger partial charge in [0.2, 0.25) is 17.7 Å². The highest BCUT2D eigenvalue weighted by Crippen LogP contribution is 2.36. The number of hydrogen-bond acceptors (Lipinski definition) is 29. The Morgan fingerprint density at radius 1 is 0.515 bits per heavy atom. The van der Waals surface area contributed by atoms with E-state index in [1.165, 1.54) is 56.3 Å². The summed E-state index contributed by atoms with van der Waals surface area (Å²) in [5.74, 6) is 2.50. The molecule has 11 heterocycles. The Bertz CT molecular complexity index is 5670. The molecule has 2 fully saturated rings. The van der Waals surface area contributed by atoms with Crippen LogP contribution in [0.25, 0.3) is 22.3 Å². The average Bonchev–Trinajstić information content (AvgIpc) is 1.61. The molecular weight excluding hydrogens is 1680 g/mol. The van der Waals surface area contributed by atoms with Crippen LogP contribution in [0.1, 0.15) is 161 Å². The molecule has 6 amide bonds.